The van der Waals surface area contributed by atoms with Gasteiger partial charge < -0.3 is 14.6 Å². The van der Waals surface area contributed by atoms with Gasteiger partial charge in [-0.3, -0.25) is 9.59 Å². The third-order valence-corrected chi connectivity index (χ3v) is 8.40. The van der Waals surface area contributed by atoms with E-state index >= 15 is 0 Å². The molecule has 3 rings (SSSR count). The van der Waals surface area contributed by atoms with E-state index in [2.05, 4.69) is 5.32 Å². The smallest absolute Gasteiger partial charge is 0.270 e. The van der Waals surface area contributed by atoms with Gasteiger partial charge in [0.2, 0.25) is 15.7 Å². The summed E-state index contributed by atoms with van der Waals surface area (Å²) in [5, 5.41) is 2.95. The number of pyridine rings is 1. The molecule has 1 amide bonds. The number of hydrogen-bond acceptors (Lipinski definition) is 6. The molecule has 2 heterocycles. The number of benzene rings is 1. The highest BCUT2D eigenvalue weighted by Crippen LogP contribution is 2.31. The number of nitrogens with one attached hydrogen (secondary N) is 1. The number of amides is 1. The van der Waals surface area contributed by atoms with Crippen LogP contribution in [0.4, 0.5) is 5.69 Å². The first-order chi connectivity index (χ1) is 14.5. The Morgan fingerprint density at radius 2 is 1.87 bits per heavy atom. The average molecular weight is 501 g/mol. The molecule has 1 N–H and O–H groups in total. The van der Waals surface area contributed by atoms with E-state index in [9.17, 15) is 18.0 Å². The van der Waals surface area contributed by atoms with Crippen LogP contribution >= 0.6 is 34.5 Å². The predicted octanol–water partition coefficient (Wildman–Crippen LogP) is 4.31. The van der Waals surface area contributed by atoms with Crippen molar-refractivity contribution in [2.75, 3.05) is 12.4 Å². The molecule has 11 heteroatoms. The van der Waals surface area contributed by atoms with E-state index in [0.29, 0.717) is 32.1 Å². The van der Waals surface area contributed by atoms with Gasteiger partial charge in [-0.1, -0.05) is 23.2 Å². The number of methoxy groups -OCH3 is 1. The zero-order chi connectivity index (χ0) is 22.9. The molecular formula is C20H18Cl2N2O5S2. The van der Waals surface area contributed by atoms with E-state index in [-0.39, 0.29) is 15.6 Å². The van der Waals surface area contributed by atoms with Crippen LogP contribution in [-0.4, -0.2) is 26.0 Å². The van der Waals surface area contributed by atoms with Gasteiger partial charge in [-0.2, -0.15) is 0 Å². The molecule has 0 radical (unpaired) electrons. The van der Waals surface area contributed by atoms with Gasteiger partial charge in [0.15, 0.2) is 0 Å². The SMILES string of the molecule is COc1ccc(NC(=O)Cn2c(C)cc(C)c(S(=O)(=O)c3ccc(Cl)s3)c2=O)cc1Cl. The third-order valence-electron chi connectivity index (χ3n) is 4.47. The second kappa shape index (κ2) is 9.04. The van der Waals surface area contributed by atoms with Crippen LogP contribution in [0.15, 0.2) is 50.3 Å². The van der Waals surface area contributed by atoms with Crippen molar-refractivity contribution in [2.24, 2.45) is 0 Å². The molecule has 0 unspecified atom stereocenters. The fourth-order valence-electron chi connectivity index (χ4n) is 3.06. The molecule has 0 aliphatic carbocycles. The van der Waals surface area contributed by atoms with E-state index in [4.69, 9.17) is 27.9 Å². The van der Waals surface area contributed by atoms with Gasteiger partial charge in [0, 0.05) is 11.4 Å². The van der Waals surface area contributed by atoms with Gasteiger partial charge in [0.25, 0.3) is 5.56 Å². The largest absolute Gasteiger partial charge is 0.495 e. The van der Waals surface area contributed by atoms with Crippen molar-refractivity contribution < 1.29 is 17.9 Å². The van der Waals surface area contributed by atoms with Crippen molar-refractivity contribution in [1.82, 2.24) is 4.57 Å². The van der Waals surface area contributed by atoms with Crippen molar-refractivity contribution in [3.05, 3.63) is 67.4 Å². The molecule has 0 aliphatic rings. The molecule has 0 spiro atoms. The molecule has 1 aromatic carbocycles. The van der Waals surface area contributed by atoms with Gasteiger partial charge in [-0.25, -0.2) is 8.42 Å². The predicted molar refractivity (Wildman–Crippen MR) is 122 cm³/mol. The molecule has 0 aliphatic heterocycles. The van der Waals surface area contributed by atoms with Crippen LogP contribution in [-0.2, 0) is 21.2 Å². The number of anilines is 1. The number of aryl methyl sites for hydroxylation is 2. The Bertz CT molecular complexity index is 1330. The molecule has 2 aromatic heterocycles. The summed E-state index contributed by atoms with van der Waals surface area (Å²) < 4.78 is 32.5. The number of aromatic nitrogens is 1. The van der Waals surface area contributed by atoms with Crippen LogP contribution in [0.25, 0.3) is 0 Å². The first-order valence-corrected chi connectivity index (χ1v) is 11.9. The van der Waals surface area contributed by atoms with Crippen molar-refractivity contribution in [3.8, 4) is 5.75 Å². The van der Waals surface area contributed by atoms with Crippen molar-refractivity contribution in [1.29, 1.82) is 0 Å². The summed E-state index contributed by atoms with van der Waals surface area (Å²) >= 11 is 12.8. The lowest BCUT2D eigenvalue weighted by Crippen LogP contribution is -2.33. The van der Waals surface area contributed by atoms with E-state index in [1.807, 2.05) is 0 Å². The van der Waals surface area contributed by atoms with Crippen LogP contribution in [0.2, 0.25) is 9.36 Å². The van der Waals surface area contributed by atoms with E-state index < -0.39 is 21.3 Å². The summed E-state index contributed by atoms with van der Waals surface area (Å²) in [5.74, 6) is -0.0633. The van der Waals surface area contributed by atoms with Crippen LogP contribution in [0.1, 0.15) is 11.3 Å². The molecular weight excluding hydrogens is 483 g/mol. The van der Waals surface area contributed by atoms with E-state index in [0.717, 1.165) is 15.9 Å². The van der Waals surface area contributed by atoms with Gasteiger partial charge in [0.1, 0.15) is 21.4 Å². The number of nitrogens with zero attached hydrogens (tertiary/aromatic N) is 1. The molecule has 164 valence electrons. The van der Waals surface area contributed by atoms with E-state index in [1.54, 1.807) is 32.0 Å². The Kier molecular flexibility index (Phi) is 6.80. The summed E-state index contributed by atoms with van der Waals surface area (Å²) in [6, 6.07) is 9.07. The standard InChI is InChI=1S/C20H18Cl2N2O5S2/c1-11-8-12(2)24(10-17(25)23-13-4-5-15(29-3)14(21)9-13)20(26)19(11)31(27,28)18-7-6-16(22)30-18/h4-9H,10H2,1-3H3,(H,23,25). The van der Waals surface area contributed by atoms with Crippen molar-refractivity contribution in [3.63, 3.8) is 0 Å². The topological polar surface area (TPSA) is 94.5 Å². The maximum absolute atomic E-state index is 13.1. The van der Waals surface area contributed by atoms with Crippen LogP contribution < -0.4 is 15.6 Å². The number of thiophene rings is 1. The lowest BCUT2D eigenvalue weighted by atomic mass is 10.2. The average Bonchev–Trinajstić information content (AvgIpc) is 3.12. The Balaban J connectivity index is 1.95. The quantitative estimate of drug-likeness (QED) is 0.543. The maximum Gasteiger partial charge on any atom is 0.270 e. The van der Waals surface area contributed by atoms with Crippen LogP contribution in [0.5, 0.6) is 5.75 Å². The highest BCUT2D eigenvalue weighted by molar-refractivity contribution is 7.93. The summed E-state index contributed by atoms with van der Waals surface area (Å²) in [6.07, 6.45) is 0. The molecule has 0 atom stereocenters. The number of rotatable bonds is 6. The maximum atomic E-state index is 13.1. The summed E-state index contributed by atoms with van der Waals surface area (Å²) in [6.45, 7) is 2.80. The summed E-state index contributed by atoms with van der Waals surface area (Å²) in [5.41, 5.74) is 0.388. The van der Waals surface area contributed by atoms with E-state index in [1.165, 1.54) is 25.3 Å². The fraction of sp³-hybridized carbons (Fsp3) is 0.200. The summed E-state index contributed by atoms with van der Waals surface area (Å²) in [7, 11) is -2.62. The Hall–Kier alpha value is -2.33. The summed E-state index contributed by atoms with van der Waals surface area (Å²) in [4.78, 5) is 25.3. The third kappa shape index (κ3) is 4.79. The number of halogens is 2. The molecule has 0 saturated carbocycles. The van der Waals surface area contributed by atoms with Crippen LogP contribution in [0, 0.1) is 13.8 Å². The first-order valence-electron chi connectivity index (χ1n) is 8.89. The molecule has 31 heavy (non-hydrogen) atoms. The van der Waals surface area contributed by atoms with Gasteiger partial charge in [0.05, 0.1) is 16.5 Å². The van der Waals surface area contributed by atoms with Gasteiger partial charge in [-0.05, 0) is 55.8 Å². The normalized spacial score (nSPS) is 11.4. The zero-order valence-electron chi connectivity index (χ0n) is 16.7. The number of carbonyl (C=O) groups is 1. The number of sulfone groups is 1. The minimum Gasteiger partial charge on any atom is -0.495 e. The fourth-order valence-corrected chi connectivity index (χ4v) is 6.46. The van der Waals surface area contributed by atoms with Gasteiger partial charge >= 0.3 is 0 Å². The Morgan fingerprint density at radius 1 is 1.16 bits per heavy atom. The molecule has 7 nitrogen and oxygen atoms in total. The zero-order valence-corrected chi connectivity index (χ0v) is 19.9. The highest BCUT2D eigenvalue weighted by Gasteiger charge is 2.27. The van der Waals surface area contributed by atoms with Crippen molar-refractivity contribution >= 4 is 56.0 Å². The Morgan fingerprint density at radius 3 is 2.45 bits per heavy atom. The monoisotopic (exact) mass is 500 g/mol. The molecule has 0 fully saturated rings. The lowest BCUT2D eigenvalue weighted by molar-refractivity contribution is -0.116. The number of carbonyl (C=O) groups excluding carboxylic acids is 1. The number of hydrogen-bond donors (Lipinski definition) is 1. The minimum atomic E-state index is -4.09. The lowest BCUT2D eigenvalue weighted by Gasteiger charge is -2.15. The van der Waals surface area contributed by atoms with Crippen LogP contribution in [0.3, 0.4) is 0 Å². The number of ether oxygens (including phenoxy) is 1. The van der Waals surface area contributed by atoms with Crippen molar-refractivity contribution in [2.45, 2.75) is 29.5 Å². The minimum absolute atomic E-state index is 0.0366. The molecule has 0 saturated heterocycles. The molecule has 3 aromatic rings. The molecule has 0 bridgehead atoms. The first kappa shape index (κ1) is 23.3. The highest BCUT2D eigenvalue weighted by atomic mass is 35.5. The second-order valence-electron chi connectivity index (χ2n) is 6.65. The second-order valence-corrected chi connectivity index (χ2v) is 10.9. The van der Waals surface area contributed by atoms with Gasteiger partial charge in [-0.15, -0.1) is 11.3 Å². The Labute approximate surface area is 193 Å².